The van der Waals surface area contributed by atoms with Crippen molar-refractivity contribution in [2.75, 3.05) is 13.1 Å². The van der Waals surface area contributed by atoms with Gasteiger partial charge in [-0.25, -0.2) is 0 Å². The van der Waals surface area contributed by atoms with Crippen LogP contribution in [0.4, 0.5) is 0 Å². The van der Waals surface area contributed by atoms with E-state index in [1.807, 2.05) is 0 Å². The molecule has 1 saturated carbocycles. The molecular formula is C14H25N. The van der Waals surface area contributed by atoms with E-state index in [1.165, 1.54) is 57.9 Å². The maximum absolute atomic E-state index is 5.21. The molecule has 0 heterocycles. The Morgan fingerprint density at radius 2 is 1.80 bits per heavy atom. The lowest BCUT2D eigenvalue weighted by atomic mass is 10.0. The monoisotopic (exact) mass is 207 g/mol. The predicted molar refractivity (Wildman–Crippen MR) is 66.7 cm³/mol. The Labute approximate surface area is 95.0 Å². The Hall–Kier alpha value is -0.480. The van der Waals surface area contributed by atoms with E-state index >= 15 is 0 Å². The van der Waals surface area contributed by atoms with Crippen LogP contribution in [-0.2, 0) is 0 Å². The first-order chi connectivity index (χ1) is 7.43. The third kappa shape index (κ3) is 6.57. The van der Waals surface area contributed by atoms with Crippen LogP contribution < -0.4 is 5.32 Å². The zero-order chi connectivity index (χ0) is 10.8. The maximum Gasteiger partial charge on any atom is 0.00865 e. The molecule has 0 unspecified atom stereocenters. The van der Waals surface area contributed by atoms with Crippen LogP contribution in [0.3, 0.4) is 0 Å². The molecule has 0 radical (unpaired) electrons. The van der Waals surface area contributed by atoms with Gasteiger partial charge >= 0.3 is 0 Å². The van der Waals surface area contributed by atoms with Crippen LogP contribution in [0.25, 0.3) is 0 Å². The fourth-order valence-electron chi connectivity index (χ4n) is 2.35. The first-order valence-corrected chi connectivity index (χ1v) is 6.57. The normalized spacial score (nSPS) is 18.3. The van der Waals surface area contributed by atoms with Crippen molar-refractivity contribution in [1.82, 2.24) is 5.32 Å². The van der Waals surface area contributed by atoms with Gasteiger partial charge in [0.25, 0.3) is 0 Å². The van der Waals surface area contributed by atoms with E-state index in [0.29, 0.717) is 0 Å². The summed E-state index contributed by atoms with van der Waals surface area (Å²) in [4.78, 5) is 0. The summed E-state index contributed by atoms with van der Waals surface area (Å²) in [5, 5.41) is 3.57. The second-order valence-corrected chi connectivity index (χ2v) is 4.72. The number of unbranched alkanes of at least 4 members (excludes halogenated alkanes) is 2. The van der Waals surface area contributed by atoms with Gasteiger partial charge in [-0.2, -0.15) is 0 Å². The summed E-state index contributed by atoms with van der Waals surface area (Å²) in [7, 11) is 0. The molecule has 1 N–H and O–H groups in total. The molecule has 0 aromatic rings. The third-order valence-electron chi connectivity index (χ3n) is 3.33. The lowest BCUT2D eigenvalue weighted by molar-refractivity contribution is 0.423. The molecular weight excluding hydrogens is 182 g/mol. The molecule has 1 aliphatic carbocycles. The van der Waals surface area contributed by atoms with Gasteiger partial charge < -0.3 is 5.32 Å². The van der Waals surface area contributed by atoms with Crippen molar-refractivity contribution in [2.45, 2.75) is 57.8 Å². The second kappa shape index (κ2) is 8.80. The van der Waals surface area contributed by atoms with Crippen LogP contribution >= 0.6 is 0 Å². The van der Waals surface area contributed by atoms with E-state index in [9.17, 15) is 0 Å². The topological polar surface area (TPSA) is 12.0 Å². The molecule has 0 atom stereocenters. The minimum atomic E-state index is 0.936. The molecule has 0 spiro atoms. The molecule has 15 heavy (non-hydrogen) atoms. The van der Waals surface area contributed by atoms with Crippen molar-refractivity contribution in [1.29, 1.82) is 0 Å². The molecule has 1 heteroatoms. The number of hydrogen-bond donors (Lipinski definition) is 1. The molecule has 0 aromatic heterocycles. The predicted octanol–water partition coefficient (Wildman–Crippen LogP) is 3.35. The molecule has 1 aliphatic rings. The summed E-state index contributed by atoms with van der Waals surface area (Å²) < 4.78 is 0. The number of nitrogens with one attached hydrogen (secondary N) is 1. The average Bonchev–Trinajstić information content (AvgIpc) is 2.52. The van der Waals surface area contributed by atoms with Crippen molar-refractivity contribution >= 4 is 0 Å². The molecule has 0 bridgehead atoms. The van der Waals surface area contributed by atoms with Gasteiger partial charge in [-0.15, -0.1) is 12.3 Å². The fraction of sp³-hybridized carbons (Fsp3) is 0.857. The second-order valence-electron chi connectivity index (χ2n) is 4.72. The summed E-state index contributed by atoms with van der Waals surface area (Å²) in [5.74, 6) is 3.63. The third-order valence-corrected chi connectivity index (χ3v) is 3.33. The summed E-state index contributed by atoms with van der Waals surface area (Å²) in [6.45, 7) is 2.38. The van der Waals surface area contributed by atoms with E-state index in [4.69, 9.17) is 6.42 Å². The van der Waals surface area contributed by atoms with E-state index < -0.39 is 0 Å². The largest absolute Gasteiger partial charge is 0.316 e. The van der Waals surface area contributed by atoms with Crippen molar-refractivity contribution in [3.63, 3.8) is 0 Å². The van der Waals surface area contributed by atoms with Crippen molar-refractivity contribution < 1.29 is 0 Å². The summed E-state index contributed by atoms with van der Waals surface area (Å²) in [5.41, 5.74) is 0. The Morgan fingerprint density at radius 3 is 2.47 bits per heavy atom. The molecule has 0 saturated heterocycles. The quantitative estimate of drug-likeness (QED) is 0.400. The van der Waals surface area contributed by atoms with Gasteiger partial charge in [-0.1, -0.05) is 25.7 Å². The van der Waals surface area contributed by atoms with Crippen LogP contribution in [0.5, 0.6) is 0 Å². The zero-order valence-electron chi connectivity index (χ0n) is 9.93. The smallest absolute Gasteiger partial charge is 0.00865 e. The van der Waals surface area contributed by atoms with Gasteiger partial charge in [0, 0.05) is 6.42 Å². The summed E-state index contributed by atoms with van der Waals surface area (Å²) in [6, 6.07) is 0. The van der Waals surface area contributed by atoms with E-state index in [2.05, 4.69) is 11.2 Å². The minimum absolute atomic E-state index is 0.936. The first kappa shape index (κ1) is 12.6. The van der Waals surface area contributed by atoms with Gasteiger partial charge in [0.1, 0.15) is 0 Å². The summed E-state index contributed by atoms with van der Waals surface area (Å²) in [6.07, 6.45) is 17.2. The first-order valence-electron chi connectivity index (χ1n) is 6.57. The lowest BCUT2D eigenvalue weighted by Crippen LogP contribution is -2.23. The highest BCUT2D eigenvalue weighted by molar-refractivity contribution is 4.82. The Balaban J connectivity index is 1.92. The summed E-state index contributed by atoms with van der Waals surface area (Å²) >= 11 is 0. The minimum Gasteiger partial charge on any atom is -0.316 e. The van der Waals surface area contributed by atoms with Crippen LogP contribution in [0.2, 0.25) is 0 Å². The molecule has 86 valence electrons. The van der Waals surface area contributed by atoms with Crippen molar-refractivity contribution in [3.05, 3.63) is 0 Å². The number of rotatable bonds is 6. The van der Waals surface area contributed by atoms with Crippen LogP contribution in [-0.4, -0.2) is 13.1 Å². The van der Waals surface area contributed by atoms with E-state index in [1.54, 1.807) is 0 Å². The van der Waals surface area contributed by atoms with Crippen LogP contribution in [0.15, 0.2) is 0 Å². The highest BCUT2D eigenvalue weighted by atomic mass is 14.8. The molecule has 1 fully saturated rings. The number of hydrogen-bond acceptors (Lipinski definition) is 1. The Morgan fingerprint density at radius 1 is 1.07 bits per heavy atom. The van der Waals surface area contributed by atoms with Gasteiger partial charge in [0.2, 0.25) is 0 Å². The van der Waals surface area contributed by atoms with Gasteiger partial charge in [0.15, 0.2) is 0 Å². The number of terminal acetylenes is 1. The van der Waals surface area contributed by atoms with Crippen molar-refractivity contribution in [3.8, 4) is 12.3 Å². The average molecular weight is 207 g/mol. The highest BCUT2D eigenvalue weighted by Gasteiger charge is 2.10. The molecule has 0 aromatic carbocycles. The van der Waals surface area contributed by atoms with Gasteiger partial charge in [-0.05, 0) is 44.7 Å². The Kier molecular flexibility index (Phi) is 7.38. The SMILES string of the molecule is C#CCCCCNCC1CCCCCC1. The lowest BCUT2D eigenvalue weighted by Gasteiger charge is -2.14. The Bertz CT molecular complexity index is 172. The highest BCUT2D eigenvalue weighted by Crippen LogP contribution is 2.21. The maximum atomic E-state index is 5.21. The van der Waals surface area contributed by atoms with E-state index in [0.717, 1.165) is 18.9 Å². The zero-order valence-corrected chi connectivity index (χ0v) is 9.93. The molecule has 0 amide bonds. The van der Waals surface area contributed by atoms with Crippen LogP contribution in [0.1, 0.15) is 57.8 Å². The van der Waals surface area contributed by atoms with Crippen molar-refractivity contribution in [2.24, 2.45) is 5.92 Å². The van der Waals surface area contributed by atoms with Crippen LogP contribution in [0, 0.1) is 18.3 Å². The van der Waals surface area contributed by atoms with Gasteiger partial charge in [-0.3, -0.25) is 0 Å². The molecule has 1 nitrogen and oxygen atoms in total. The molecule has 0 aliphatic heterocycles. The van der Waals surface area contributed by atoms with Gasteiger partial charge in [0.05, 0.1) is 0 Å². The fourth-order valence-corrected chi connectivity index (χ4v) is 2.35. The molecule has 1 rings (SSSR count). The standard InChI is InChI=1S/C14H25N/c1-2-3-4-9-12-15-13-14-10-7-5-6-8-11-14/h1,14-15H,3-13H2. The van der Waals surface area contributed by atoms with E-state index in [-0.39, 0.29) is 0 Å².